The fourth-order valence-corrected chi connectivity index (χ4v) is 3.21. The lowest BCUT2D eigenvalue weighted by Gasteiger charge is -2.28. The monoisotopic (exact) mass is 408 g/mol. The van der Waals surface area contributed by atoms with Crippen LogP contribution in [0, 0.1) is 6.92 Å². The summed E-state index contributed by atoms with van der Waals surface area (Å²) in [6, 6.07) is 5.55. The summed E-state index contributed by atoms with van der Waals surface area (Å²) in [6.45, 7) is 8.02. The molecular weight excluding hydrogens is 380 g/mol. The molecule has 0 aromatic carbocycles. The Labute approximate surface area is 176 Å². The van der Waals surface area contributed by atoms with Crippen molar-refractivity contribution in [2.75, 3.05) is 18.6 Å². The first-order valence-electron chi connectivity index (χ1n) is 9.91. The van der Waals surface area contributed by atoms with Gasteiger partial charge in [0.1, 0.15) is 0 Å². The van der Waals surface area contributed by atoms with Crippen molar-refractivity contribution in [1.29, 1.82) is 0 Å². The smallest absolute Gasteiger partial charge is 0.224 e. The molecule has 0 spiro atoms. The van der Waals surface area contributed by atoms with Crippen LogP contribution in [-0.2, 0) is 0 Å². The van der Waals surface area contributed by atoms with Gasteiger partial charge in [0, 0.05) is 18.6 Å². The topological polar surface area (TPSA) is 89.2 Å². The Morgan fingerprint density at radius 2 is 2.10 bits per heavy atom. The standard InChI is InChI=1S/C22H28N6O2/c1-6-17(14-29)27(13-15(2)3)20-12-23-21(16(4)25-20)18-8-9-19(26-22(18)30-5)28-11-7-10-24-28/h7-13,17,29H,6,14H2,1-5H3/t17-/m0/s1. The van der Waals surface area contributed by atoms with Gasteiger partial charge in [0.15, 0.2) is 11.6 Å². The second-order valence-electron chi connectivity index (χ2n) is 7.20. The molecule has 0 fully saturated rings. The number of aliphatic hydroxyl groups is 1. The summed E-state index contributed by atoms with van der Waals surface area (Å²) >= 11 is 0. The number of anilines is 1. The number of aromatic nitrogens is 5. The minimum absolute atomic E-state index is 0.0371. The van der Waals surface area contributed by atoms with Gasteiger partial charge in [0.25, 0.3) is 0 Å². The van der Waals surface area contributed by atoms with E-state index in [1.54, 1.807) is 24.2 Å². The Bertz CT molecular complexity index is 1010. The molecule has 0 aliphatic rings. The molecule has 158 valence electrons. The van der Waals surface area contributed by atoms with E-state index in [-0.39, 0.29) is 12.6 Å². The normalized spacial score (nSPS) is 11.8. The first-order valence-corrected chi connectivity index (χ1v) is 9.91. The second kappa shape index (κ2) is 9.49. The predicted molar refractivity (Wildman–Crippen MR) is 117 cm³/mol. The summed E-state index contributed by atoms with van der Waals surface area (Å²) in [5.74, 6) is 1.81. The summed E-state index contributed by atoms with van der Waals surface area (Å²) in [5, 5.41) is 14.0. The molecule has 0 radical (unpaired) electrons. The zero-order valence-electron chi connectivity index (χ0n) is 18.1. The lowest BCUT2D eigenvalue weighted by molar-refractivity contribution is 0.261. The second-order valence-corrected chi connectivity index (χ2v) is 7.20. The van der Waals surface area contributed by atoms with Crippen LogP contribution in [0.4, 0.5) is 5.82 Å². The third-order valence-corrected chi connectivity index (χ3v) is 4.70. The van der Waals surface area contributed by atoms with Crippen molar-refractivity contribution in [3.05, 3.63) is 54.3 Å². The first kappa shape index (κ1) is 21.4. The van der Waals surface area contributed by atoms with Gasteiger partial charge in [-0.25, -0.2) is 9.67 Å². The Morgan fingerprint density at radius 3 is 2.67 bits per heavy atom. The first-order chi connectivity index (χ1) is 14.5. The van der Waals surface area contributed by atoms with Crippen LogP contribution in [0.25, 0.3) is 17.1 Å². The average molecular weight is 409 g/mol. The molecular formula is C22H28N6O2. The molecule has 0 aliphatic carbocycles. The third-order valence-electron chi connectivity index (χ3n) is 4.70. The Kier molecular flexibility index (Phi) is 6.79. The van der Waals surface area contributed by atoms with Gasteiger partial charge >= 0.3 is 0 Å². The minimum Gasteiger partial charge on any atom is -0.480 e. The van der Waals surface area contributed by atoms with Crippen molar-refractivity contribution in [2.45, 2.75) is 40.2 Å². The maximum Gasteiger partial charge on any atom is 0.224 e. The molecule has 0 unspecified atom stereocenters. The molecule has 1 N–H and O–H groups in total. The summed E-state index contributed by atoms with van der Waals surface area (Å²) < 4.78 is 7.20. The molecule has 0 saturated carbocycles. The van der Waals surface area contributed by atoms with Gasteiger partial charge in [-0.15, -0.1) is 0 Å². The average Bonchev–Trinajstić information content (AvgIpc) is 3.28. The SMILES string of the molecule is CC[C@@H](CO)N(C=C(C)C)c1cnc(-c2ccc(-n3cccn3)nc2OC)c(C)n1. The molecule has 3 aromatic heterocycles. The maximum absolute atomic E-state index is 9.79. The fourth-order valence-electron chi connectivity index (χ4n) is 3.21. The van der Waals surface area contributed by atoms with Gasteiger partial charge in [-0.05, 0) is 45.4 Å². The molecule has 1 atom stereocenters. The minimum atomic E-state index is -0.0657. The van der Waals surface area contributed by atoms with Crippen LogP contribution in [0.1, 0.15) is 32.9 Å². The molecule has 3 heterocycles. The molecule has 0 bridgehead atoms. The van der Waals surface area contributed by atoms with E-state index in [4.69, 9.17) is 9.72 Å². The van der Waals surface area contributed by atoms with E-state index in [2.05, 4.69) is 15.1 Å². The van der Waals surface area contributed by atoms with Gasteiger partial charge in [-0.3, -0.25) is 4.98 Å². The number of hydrogen-bond donors (Lipinski definition) is 1. The van der Waals surface area contributed by atoms with Crippen LogP contribution < -0.4 is 9.64 Å². The quantitative estimate of drug-likeness (QED) is 0.610. The molecule has 3 rings (SSSR count). The van der Waals surface area contributed by atoms with Crippen molar-refractivity contribution in [3.63, 3.8) is 0 Å². The number of nitrogens with zero attached hydrogens (tertiary/aromatic N) is 6. The van der Waals surface area contributed by atoms with Gasteiger partial charge < -0.3 is 14.7 Å². The predicted octanol–water partition coefficient (Wildman–Crippen LogP) is 3.54. The van der Waals surface area contributed by atoms with E-state index < -0.39 is 0 Å². The molecule has 0 saturated heterocycles. The highest BCUT2D eigenvalue weighted by atomic mass is 16.5. The number of methoxy groups -OCH3 is 1. The zero-order valence-corrected chi connectivity index (χ0v) is 18.1. The van der Waals surface area contributed by atoms with E-state index in [0.717, 1.165) is 23.3 Å². The van der Waals surface area contributed by atoms with E-state index in [1.807, 2.05) is 63.2 Å². The van der Waals surface area contributed by atoms with Crippen LogP contribution in [-0.4, -0.2) is 49.6 Å². The van der Waals surface area contributed by atoms with Crippen LogP contribution in [0.3, 0.4) is 0 Å². The number of rotatable bonds is 8. The Hall–Kier alpha value is -3.26. The number of pyridine rings is 1. The molecule has 30 heavy (non-hydrogen) atoms. The summed E-state index contributed by atoms with van der Waals surface area (Å²) in [6.07, 6.45) is 8.03. The van der Waals surface area contributed by atoms with Crippen molar-refractivity contribution >= 4 is 5.82 Å². The lowest BCUT2D eigenvalue weighted by atomic mass is 10.1. The number of ether oxygens (including phenoxy) is 1. The zero-order chi connectivity index (χ0) is 21.7. The molecule has 8 heteroatoms. The Balaban J connectivity index is 2.01. The summed E-state index contributed by atoms with van der Waals surface area (Å²) in [5.41, 5.74) is 3.32. The molecule has 8 nitrogen and oxygen atoms in total. The Morgan fingerprint density at radius 1 is 1.30 bits per heavy atom. The van der Waals surface area contributed by atoms with Crippen LogP contribution in [0.2, 0.25) is 0 Å². The molecule has 0 amide bonds. The number of aliphatic hydroxyl groups excluding tert-OH is 1. The fraction of sp³-hybridized carbons (Fsp3) is 0.364. The highest BCUT2D eigenvalue weighted by Gasteiger charge is 2.19. The van der Waals surface area contributed by atoms with Crippen molar-refractivity contribution < 1.29 is 9.84 Å². The highest BCUT2D eigenvalue weighted by Crippen LogP contribution is 2.31. The number of aryl methyl sites for hydroxylation is 1. The van der Waals surface area contributed by atoms with Crippen LogP contribution in [0.15, 0.2) is 48.6 Å². The van der Waals surface area contributed by atoms with Gasteiger partial charge in [0.2, 0.25) is 5.88 Å². The summed E-state index contributed by atoms with van der Waals surface area (Å²) in [7, 11) is 1.58. The van der Waals surface area contributed by atoms with E-state index in [0.29, 0.717) is 23.2 Å². The van der Waals surface area contributed by atoms with E-state index in [1.165, 1.54) is 0 Å². The van der Waals surface area contributed by atoms with Gasteiger partial charge in [-0.2, -0.15) is 10.1 Å². The van der Waals surface area contributed by atoms with E-state index in [9.17, 15) is 5.11 Å². The molecule has 0 aliphatic heterocycles. The third kappa shape index (κ3) is 4.49. The van der Waals surface area contributed by atoms with Crippen LogP contribution in [0.5, 0.6) is 5.88 Å². The molecule has 3 aromatic rings. The van der Waals surface area contributed by atoms with Gasteiger partial charge in [0.05, 0.1) is 42.9 Å². The summed E-state index contributed by atoms with van der Waals surface area (Å²) in [4.78, 5) is 16.0. The highest BCUT2D eigenvalue weighted by molar-refractivity contribution is 5.68. The van der Waals surface area contributed by atoms with Crippen molar-refractivity contribution in [3.8, 4) is 23.0 Å². The number of allylic oxidation sites excluding steroid dienone is 1. The van der Waals surface area contributed by atoms with Crippen LogP contribution >= 0.6 is 0 Å². The van der Waals surface area contributed by atoms with Crippen molar-refractivity contribution in [1.82, 2.24) is 24.7 Å². The number of hydrogen-bond acceptors (Lipinski definition) is 7. The largest absolute Gasteiger partial charge is 0.480 e. The lowest BCUT2D eigenvalue weighted by Crippen LogP contribution is -2.34. The maximum atomic E-state index is 9.79. The van der Waals surface area contributed by atoms with E-state index >= 15 is 0 Å². The van der Waals surface area contributed by atoms with Gasteiger partial charge in [-0.1, -0.05) is 12.5 Å². The van der Waals surface area contributed by atoms with Crippen molar-refractivity contribution in [2.24, 2.45) is 0 Å².